The van der Waals surface area contributed by atoms with Crippen molar-refractivity contribution in [2.45, 2.75) is 4.90 Å². The molecule has 1 saturated heterocycles. The molecular formula is C25H24N6O6S2. The van der Waals surface area contributed by atoms with E-state index in [1.165, 1.54) is 59.0 Å². The number of hydroxylamine groups is 1. The maximum Gasteiger partial charge on any atom is 0.269 e. The second-order valence-corrected chi connectivity index (χ2v) is 11.1. The Bertz CT molecular complexity index is 1600. The van der Waals surface area contributed by atoms with E-state index >= 15 is 0 Å². The third kappa shape index (κ3) is 5.54. The molecule has 0 saturated carbocycles. The van der Waals surface area contributed by atoms with Gasteiger partial charge in [0.15, 0.2) is 0 Å². The fourth-order valence-electron chi connectivity index (χ4n) is 3.99. The van der Waals surface area contributed by atoms with Crippen molar-refractivity contribution >= 4 is 60.1 Å². The van der Waals surface area contributed by atoms with Gasteiger partial charge >= 0.3 is 0 Å². The van der Waals surface area contributed by atoms with Crippen LogP contribution >= 0.6 is 11.3 Å². The Morgan fingerprint density at radius 2 is 1.92 bits per heavy atom. The second kappa shape index (κ2) is 11.3. The van der Waals surface area contributed by atoms with Crippen molar-refractivity contribution in [2.75, 3.05) is 42.6 Å². The molecule has 1 aliphatic rings. The molecule has 0 aliphatic carbocycles. The molecule has 2 N–H and O–H groups in total. The Hall–Kier alpha value is -4.11. The van der Waals surface area contributed by atoms with Gasteiger partial charge in [-0.3, -0.25) is 10.0 Å². The molecule has 0 unspecified atom stereocenters. The molecule has 3 aromatic heterocycles. The van der Waals surface area contributed by atoms with E-state index in [-0.39, 0.29) is 4.90 Å². The Morgan fingerprint density at radius 3 is 2.59 bits per heavy atom. The summed E-state index contributed by atoms with van der Waals surface area (Å²) in [4.78, 5) is 26.5. The number of pyridine rings is 1. The first kappa shape index (κ1) is 26.5. The van der Waals surface area contributed by atoms with Crippen molar-refractivity contribution < 1.29 is 27.9 Å². The normalized spacial score (nSPS) is 14.1. The maximum atomic E-state index is 14.1. The molecule has 0 bridgehead atoms. The summed E-state index contributed by atoms with van der Waals surface area (Å²) in [7, 11) is -2.65. The largest absolute Gasteiger partial charge is 0.481 e. The van der Waals surface area contributed by atoms with E-state index < -0.39 is 15.9 Å². The Kier molecular flexibility index (Phi) is 7.70. The predicted octanol–water partition coefficient (Wildman–Crippen LogP) is 2.98. The van der Waals surface area contributed by atoms with Crippen LogP contribution in [-0.4, -0.2) is 67.9 Å². The monoisotopic (exact) mass is 568 g/mol. The first-order valence-corrected chi connectivity index (χ1v) is 14.0. The maximum absolute atomic E-state index is 14.1. The minimum atomic E-state index is -4.13. The molecular weight excluding hydrogens is 544 g/mol. The van der Waals surface area contributed by atoms with Crippen molar-refractivity contribution in [3.8, 4) is 5.88 Å². The lowest BCUT2D eigenvalue weighted by molar-refractivity contribution is -0.124. The average Bonchev–Trinajstić information content (AvgIpc) is 3.40. The smallest absolute Gasteiger partial charge is 0.269 e. The van der Waals surface area contributed by atoms with Gasteiger partial charge in [0.25, 0.3) is 15.9 Å². The predicted molar refractivity (Wildman–Crippen MR) is 146 cm³/mol. The van der Waals surface area contributed by atoms with Crippen LogP contribution in [0.15, 0.2) is 66.0 Å². The van der Waals surface area contributed by atoms with Crippen molar-refractivity contribution in [1.29, 1.82) is 0 Å². The quantitative estimate of drug-likeness (QED) is 0.185. The van der Waals surface area contributed by atoms with Crippen LogP contribution in [0.25, 0.3) is 16.3 Å². The highest BCUT2D eigenvalue weighted by Gasteiger charge is 2.30. The Balaban J connectivity index is 1.59. The summed E-state index contributed by atoms with van der Waals surface area (Å²) in [5, 5.41) is 9.07. The van der Waals surface area contributed by atoms with Gasteiger partial charge in [-0.05, 0) is 29.8 Å². The molecule has 1 aliphatic heterocycles. The number of benzene rings is 1. The third-order valence-electron chi connectivity index (χ3n) is 5.91. The summed E-state index contributed by atoms with van der Waals surface area (Å²) < 4.78 is 40.7. The molecule has 0 atom stereocenters. The van der Waals surface area contributed by atoms with Gasteiger partial charge in [0.2, 0.25) is 5.88 Å². The zero-order valence-corrected chi connectivity index (χ0v) is 22.4. The number of methoxy groups -OCH3 is 1. The summed E-state index contributed by atoms with van der Waals surface area (Å²) in [5.41, 5.74) is 3.01. The van der Waals surface area contributed by atoms with Gasteiger partial charge in [0, 0.05) is 31.3 Å². The first-order valence-electron chi connectivity index (χ1n) is 11.8. The number of fused-ring (bicyclic) bond motifs is 1. The number of nitrogens with zero attached hydrogens (tertiary/aromatic N) is 5. The summed E-state index contributed by atoms with van der Waals surface area (Å²) in [6.45, 7) is 2.50. The fourth-order valence-corrected chi connectivity index (χ4v) is 6.82. The van der Waals surface area contributed by atoms with E-state index in [2.05, 4.69) is 19.9 Å². The highest BCUT2D eigenvalue weighted by molar-refractivity contribution is 7.93. The van der Waals surface area contributed by atoms with Gasteiger partial charge in [-0.25, -0.2) is 33.2 Å². The fraction of sp³-hybridized carbons (Fsp3) is 0.200. The van der Waals surface area contributed by atoms with Gasteiger partial charge < -0.3 is 14.4 Å². The van der Waals surface area contributed by atoms with Gasteiger partial charge in [0.1, 0.15) is 17.1 Å². The number of hydrogen-bond acceptors (Lipinski definition) is 11. The van der Waals surface area contributed by atoms with Crippen LogP contribution in [0.2, 0.25) is 0 Å². The van der Waals surface area contributed by atoms with Crippen molar-refractivity contribution in [3.63, 3.8) is 0 Å². The number of thiophene rings is 1. The zero-order chi connectivity index (χ0) is 27.4. The zero-order valence-electron chi connectivity index (χ0n) is 20.7. The third-order valence-corrected chi connectivity index (χ3v) is 8.89. The number of anilines is 3. The molecule has 14 heteroatoms. The van der Waals surface area contributed by atoms with Crippen LogP contribution in [-0.2, 0) is 19.6 Å². The molecule has 4 heterocycles. The lowest BCUT2D eigenvalue weighted by Crippen LogP contribution is -2.36. The highest BCUT2D eigenvalue weighted by Crippen LogP contribution is 2.42. The lowest BCUT2D eigenvalue weighted by Gasteiger charge is -2.27. The molecule has 0 spiro atoms. The summed E-state index contributed by atoms with van der Waals surface area (Å²) in [6, 6.07) is 10.9. The topological polar surface area (TPSA) is 147 Å². The molecule has 5 rings (SSSR count). The minimum Gasteiger partial charge on any atom is -0.481 e. The summed E-state index contributed by atoms with van der Waals surface area (Å²) >= 11 is 1.27. The first-order chi connectivity index (χ1) is 18.9. The highest BCUT2D eigenvalue weighted by atomic mass is 32.2. The van der Waals surface area contributed by atoms with Crippen LogP contribution in [0.1, 0.15) is 5.56 Å². The van der Waals surface area contributed by atoms with Gasteiger partial charge in [-0.1, -0.05) is 12.1 Å². The number of morpholine rings is 1. The van der Waals surface area contributed by atoms with Gasteiger partial charge in [-0.15, -0.1) is 11.3 Å². The van der Waals surface area contributed by atoms with E-state index in [9.17, 15) is 13.2 Å². The molecule has 0 radical (unpaired) electrons. The van der Waals surface area contributed by atoms with Crippen LogP contribution in [0.4, 0.5) is 16.5 Å². The van der Waals surface area contributed by atoms with E-state index in [1.807, 2.05) is 0 Å². The molecule has 12 nitrogen and oxygen atoms in total. The standard InChI is InChI=1S/C25H24N6O6S2/c1-36-22-9-5-18(15-26-22)31(39(34,35)19-6-2-17(3-7-19)4-8-21(32)29-33)23-14-20-24(38-23)25(28-16-27-20)30-10-12-37-13-11-30/h2-9,14-16,33H,10-13H2,1H3,(H,29,32). The number of carbonyl (C=O) groups excluding carboxylic acids is 1. The number of amides is 1. The molecule has 202 valence electrons. The van der Waals surface area contributed by atoms with Gasteiger partial charge in [0.05, 0.1) is 47.3 Å². The number of ether oxygens (including phenoxy) is 2. The number of hydrogen-bond donors (Lipinski definition) is 2. The number of aromatic nitrogens is 3. The van der Waals surface area contributed by atoms with Crippen LogP contribution in [0.5, 0.6) is 5.88 Å². The number of rotatable bonds is 8. The van der Waals surface area contributed by atoms with E-state index in [0.29, 0.717) is 54.0 Å². The summed E-state index contributed by atoms with van der Waals surface area (Å²) in [5.74, 6) is 0.373. The van der Waals surface area contributed by atoms with E-state index in [1.54, 1.807) is 30.3 Å². The number of carbonyl (C=O) groups is 1. The lowest BCUT2D eigenvalue weighted by atomic mass is 10.2. The average molecular weight is 569 g/mol. The van der Waals surface area contributed by atoms with E-state index in [4.69, 9.17) is 14.7 Å². The number of sulfonamides is 1. The Labute approximate surface area is 228 Å². The van der Waals surface area contributed by atoms with Crippen molar-refractivity contribution in [3.05, 3.63) is 66.6 Å². The second-order valence-electron chi connectivity index (χ2n) is 8.30. The van der Waals surface area contributed by atoms with E-state index in [0.717, 1.165) is 16.6 Å². The molecule has 39 heavy (non-hydrogen) atoms. The van der Waals surface area contributed by atoms with Crippen molar-refractivity contribution in [1.82, 2.24) is 20.4 Å². The SMILES string of the molecule is COc1ccc(N(c2cc3ncnc(N4CCOCC4)c3s2)S(=O)(=O)c2ccc(C=CC(=O)NO)cc2)cn1. The van der Waals surface area contributed by atoms with Crippen LogP contribution in [0.3, 0.4) is 0 Å². The molecule has 1 fully saturated rings. The number of nitrogens with one attached hydrogen (secondary N) is 1. The van der Waals surface area contributed by atoms with Crippen LogP contribution < -0.4 is 19.4 Å². The molecule has 1 aromatic carbocycles. The van der Waals surface area contributed by atoms with Crippen LogP contribution in [0, 0.1) is 0 Å². The molecule has 4 aromatic rings. The van der Waals surface area contributed by atoms with Gasteiger partial charge in [-0.2, -0.15) is 0 Å². The van der Waals surface area contributed by atoms with Crippen molar-refractivity contribution in [2.24, 2.45) is 0 Å². The summed E-state index contributed by atoms with van der Waals surface area (Å²) in [6.07, 6.45) is 5.48. The Morgan fingerprint density at radius 1 is 1.15 bits per heavy atom. The minimum absolute atomic E-state index is 0.0269. The molecule has 1 amide bonds.